The SMILES string of the molecule is CNCCC(=O)N1CCCC1C(=O)NC. The fraction of sp³-hybridized carbons (Fsp3) is 0.800. The van der Waals surface area contributed by atoms with Gasteiger partial charge in [-0.25, -0.2) is 0 Å². The molecule has 1 heterocycles. The Labute approximate surface area is 90.2 Å². The van der Waals surface area contributed by atoms with Gasteiger partial charge in [0, 0.05) is 26.6 Å². The second-order valence-electron chi connectivity index (χ2n) is 3.71. The number of nitrogens with one attached hydrogen (secondary N) is 2. The molecule has 0 saturated carbocycles. The van der Waals surface area contributed by atoms with Crippen LogP contribution in [0.5, 0.6) is 0 Å². The van der Waals surface area contributed by atoms with E-state index in [9.17, 15) is 9.59 Å². The first-order chi connectivity index (χ1) is 7.20. The summed E-state index contributed by atoms with van der Waals surface area (Å²) in [5.41, 5.74) is 0. The standard InChI is InChI=1S/C10H19N3O2/c1-11-6-5-9(14)13-7-3-4-8(13)10(15)12-2/h8,11H,3-7H2,1-2H3,(H,12,15). The molecule has 0 aromatic rings. The van der Waals surface area contributed by atoms with Crippen molar-refractivity contribution in [3.05, 3.63) is 0 Å². The van der Waals surface area contributed by atoms with Crippen molar-refractivity contribution in [2.24, 2.45) is 0 Å². The summed E-state index contributed by atoms with van der Waals surface area (Å²) in [6.07, 6.45) is 2.17. The topological polar surface area (TPSA) is 61.4 Å². The molecular formula is C10H19N3O2. The second-order valence-corrected chi connectivity index (χ2v) is 3.71. The largest absolute Gasteiger partial charge is 0.357 e. The van der Waals surface area contributed by atoms with Crippen molar-refractivity contribution in [1.29, 1.82) is 0 Å². The van der Waals surface area contributed by atoms with Gasteiger partial charge < -0.3 is 15.5 Å². The molecule has 1 fully saturated rings. The summed E-state index contributed by atoms with van der Waals surface area (Å²) in [7, 11) is 3.42. The summed E-state index contributed by atoms with van der Waals surface area (Å²) in [4.78, 5) is 24.9. The maximum Gasteiger partial charge on any atom is 0.242 e. The van der Waals surface area contributed by atoms with Crippen LogP contribution in [0, 0.1) is 0 Å². The number of hydrogen-bond acceptors (Lipinski definition) is 3. The predicted molar refractivity (Wildman–Crippen MR) is 57.3 cm³/mol. The molecule has 15 heavy (non-hydrogen) atoms. The zero-order valence-corrected chi connectivity index (χ0v) is 9.38. The lowest BCUT2D eigenvalue weighted by atomic mass is 10.2. The van der Waals surface area contributed by atoms with Gasteiger partial charge in [-0.1, -0.05) is 0 Å². The van der Waals surface area contributed by atoms with E-state index in [-0.39, 0.29) is 17.9 Å². The van der Waals surface area contributed by atoms with Crippen LogP contribution in [0.25, 0.3) is 0 Å². The third-order valence-electron chi connectivity index (χ3n) is 2.71. The first kappa shape index (κ1) is 12.0. The maximum absolute atomic E-state index is 11.7. The molecule has 0 aromatic heterocycles. The van der Waals surface area contributed by atoms with Gasteiger partial charge in [-0.15, -0.1) is 0 Å². The summed E-state index contributed by atoms with van der Waals surface area (Å²) >= 11 is 0. The molecule has 0 aliphatic carbocycles. The van der Waals surface area contributed by atoms with Crippen LogP contribution >= 0.6 is 0 Å². The Morgan fingerprint density at radius 1 is 1.40 bits per heavy atom. The number of hydrogen-bond donors (Lipinski definition) is 2. The van der Waals surface area contributed by atoms with Gasteiger partial charge in [0.2, 0.25) is 11.8 Å². The van der Waals surface area contributed by atoms with Crippen molar-refractivity contribution in [3.8, 4) is 0 Å². The summed E-state index contributed by atoms with van der Waals surface area (Å²) < 4.78 is 0. The lowest BCUT2D eigenvalue weighted by molar-refractivity contribution is -0.138. The quantitative estimate of drug-likeness (QED) is 0.651. The van der Waals surface area contributed by atoms with Crippen molar-refractivity contribution in [3.63, 3.8) is 0 Å². The Balaban J connectivity index is 2.52. The molecule has 2 amide bonds. The van der Waals surface area contributed by atoms with Gasteiger partial charge in [0.05, 0.1) is 0 Å². The molecule has 0 radical (unpaired) electrons. The molecule has 1 unspecified atom stereocenters. The highest BCUT2D eigenvalue weighted by Crippen LogP contribution is 2.18. The molecule has 1 rings (SSSR count). The van der Waals surface area contributed by atoms with E-state index in [4.69, 9.17) is 0 Å². The van der Waals surface area contributed by atoms with E-state index < -0.39 is 0 Å². The summed E-state index contributed by atoms with van der Waals surface area (Å²) in [6, 6.07) is -0.251. The van der Waals surface area contributed by atoms with Crippen LogP contribution in [0.2, 0.25) is 0 Å². The van der Waals surface area contributed by atoms with Crippen LogP contribution in [0.3, 0.4) is 0 Å². The van der Waals surface area contributed by atoms with E-state index in [1.807, 2.05) is 7.05 Å². The third kappa shape index (κ3) is 2.92. The number of nitrogens with zero attached hydrogens (tertiary/aromatic N) is 1. The van der Waals surface area contributed by atoms with E-state index in [1.165, 1.54) is 0 Å². The van der Waals surface area contributed by atoms with Gasteiger partial charge in [-0.05, 0) is 19.9 Å². The van der Waals surface area contributed by atoms with Gasteiger partial charge in [0.15, 0.2) is 0 Å². The highest BCUT2D eigenvalue weighted by Gasteiger charge is 2.32. The van der Waals surface area contributed by atoms with Crippen molar-refractivity contribution in [2.75, 3.05) is 27.2 Å². The van der Waals surface area contributed by atoms with Crippen LogP contribution in [0.1, 0.15) is 19.3 Å². The minimum atomic E-state index is -0.251. The van der Waals surface area contributed by atoms with E-state index >= 15 is 0 Å². The molecule has 86 valence electrons. The van der Waals surface area contributed by atoms with Gasteiger partial charge >= 0.3 is 0 Å². The van der Waals surface area contributed by atoms with E-state index in [0.717, 1.165) is 12.8 Å². The average molecular weight is 213 g/mol. The molecule has 0 spiro atoms. The monoisotopic (exact) mass is 213 g/mol. The van der Waals surface area contributed by atoms with Crippen LogP contribution in [-0.2, 0) is 9.59 Å². The summed E-state index contributed by atoms with van der Waals surface area (Å²) in [6.45, 7) is 1.37. The minimum Gasteiger partial charge on any atom is -0.357 e. The Kier molecular flexibility index (Phi) is 4.55. The number of carbonyl (C=O) groups excluding carboxylic acids is 2. The fourth-order valence-electron chi connectivity index (χ4n) is 1.88. The molecule has 1 saturated heterocycles. The molecule has 1 aliphatic heterocycles. The smallest absolute Gasteiger partial charge is 0.242 e. The van der Waals surface area contributed by atoms with Crippen molar-refractivity contribution in [2.45, 2.75) is 25.3 Å². The predicted octanol–water partition coefficient (Wildman–Crippen LogP) is -0.667. The van der Waals surface area contributed by atoms with Crippen LogP contribution < -0.4 is 10.6 Å². The average Bonchev–Trinajstić information content (AvgIpc) is 2.73. The van der Waals surface area contributed by atoms with Gasteiger partial charge in [0.1, 0.15) is 6.04 Å². The van der Waals surface area contributed by atoms with Crippen LogP contribution in [0.15, 0.2) is 0 Å². The lowest BCUT2D eigenvalue weighted by Crippen LogP contribution is -2.45. The molecule has 0 bridgehead atoms. The molecule has 2 N–H and O–H groups in total. The summed E-state index contributed by atoms with van der Waals surface area (Å²) in [5, 5.41) is 5.53. The number of carbonyl (C=O) groups is 2. The highest BCUT2D eigenvalue weighted by atomic mass is 16.2. The van der Waals surface area contributed by atoms with Crippen LogP contribution in [0.4, 0.5) is 0 Å². The van der Waals surface area contributed by atoms with Crippen molar-refractivity contribution < 1.29 is 9.59 Å². The van der Waals surface area contributed by atoms with Crippen molar-refractivity contribution >= 4 is 11.8 Å². The lowest BCUT2D eigenvalue weighted by Gasteiger charge is -2.23. The molecule has 0 aromatic carbocycles. The van der Waals surface area contributed by atoms with E-state index in [2.05, 4.69) is 10.6 Å². The van der Waals surface area contributed by atoms with E-state index in [0.29, 0.717) is 19.5 Å². The number of likely N-dealkylation sites (N-methyl/N-ethyl adjacent to an activating group) is 1. The molecule has 1 atom stereocenters. The minimum absolute atomic E-state index is 0.0506. The van der Waals surface area contributed by atoms with Gasteiger partial charge in [-0.3, -0.25) is 9.59 Å². The van der Waals surface area contributed by atoms with Gasteiger partial charge in [0.25, 0.3) is 0 Å². The Morgan fingerprint density at radius 3 is 2.73 bits per heavy atom. The first-order valence-electron chi connectivity index (χ1n) is 5.36. The number of amides is 2. The Morgan fingerprint density at radius 2 is 2.13 bits per heavy atom. The summed E-state index contributed by atoms with van der Waals surface area (Å²) in [5.74, 6) is 0.0146. The number of likely N-dealkylation sites (tertiary alicyclic amines) is 1. The fourth-order valence-corrected chi connectivity index (χ4v) is 1.88. The third-order valence-corrected chi connectivity index (χ3v) is 2.71. The molecule has 1 aliphatic rings. The normalized spacial score (nSPS) is 20.4. The first-order valence-corrected chi connectivity index (χ1v) is 5.36. The van der Waals surface area contributed by atoms with Crippen LogP contribution in [-0.4, -0.2) is 49.9 Å². The molecular weight excluding hydrogens is 194 g/mol. The highest BCUT2D eigenvalue weighted by molar-refractivity contribution is 5.88. The second kappa shape index (κ2) is 5.70. The number of rotatable bonds is 4. The molecule has 5 nitrogen and oxygen atoms in total. The van der Waals surface area contributed by atoms with Gasteiger partial charge in [-0.2, -0.15) is 0 Å². The Bertz CT molecular complexity index is 243. The Hall–Kier alpha value is -1.10. The maximum atomic E-state index is 11.7. The zero-order chi connectivity index (χ0) is 11.3. The van der Waals surface area contributed by atoms with Crippen molar-refractivity contribution in [1.82, 2.24) is 15.5 Å². The van der Waals surface area contributed by atoms with E-state index in [1.54, 1.807) is 11.9 Å². The molecule has 5 heteroatoms. The zero-order valence-electron chi connectivity index (χ0n) is 9.38.